The first-order chi connectivity index (χ1) is 19.8. The third-order valence-electron chi connectivity index (χ3n) is 7.20. The molecule has 0 spiro atoms. The van der Waals surface area contributed by atoms with Gasteiger partial charge in [-0.3, -0.25) is 4.79 Å². The lowest BCUT2D eigenvalue weighted by molar-refractivity contribution is -0.0516. The van der Waals surface area contributed by atoms with Crippen LogP contribution in [0.25, 0.3) is 22.2 Å². The zero-order chi connectivity index (χ0) is 30.7. The number of ether oxygens (including phenoxy) is 4. The van der Waals surface area contributed by atoms with Crippen LogP contribution in [0.4, 0.5) is 8.78 Å². The Bertz CT molecular complexity index is 1430. The van der Waals surface area contributed by atoms with Crippen molar-refractivity contribution in [1.29, 1.82) is 0 Å². The van der Waals surface area contributed by atoms with Crippen molar-refractivity contribution in [1.82, 2.24) is 14.3 Å². The molecule has 0 saturated heterocycles. The minimum absolute atomic E-state index is 0.00719. The minimum Gasteiger partial charge on any atom is -0.487 e. The highest BCUT2D eigenvalue weighted by Gasteiger charge is 2.28. The molecule has 1 aliphatic rings. The molecule has 1 aliphatic carbocycles. The van der Waals surface area contributed by atoms with Gasteiger partial charge in [0.2, 0.25) is 0 Å². The van der Waals surface area contributed by atoms with E-state index in [4.69, 9.17) is 18.9 Å². The summed E-state index contributed by atoms with van der Waals surface area (Å²) in [5.74, 6) is 0.257. The number of aromatic nitrogens is 3. The number of aryl methyl sites for hydroxylation is 1. The Morgan fingerprint density at radius 2 is 1.62 bits per heavy atom. The van der Waals surface area contributed by atoms with Gasteiger partial charge in [0.25, 0.3) is 5.56 Å². The molecule has 42 heavy (non-hydrogen) atoms. The second-order valence-electron chi connectivity index (χ2n) is 13.4. The van der Waals surface area contributed by atoms with E-state index in [1.54, 1.807) is 18.3 Å². The van der Waals surface area contributed by atoms with Gasteiger partial charge in [0, 0.05) is 34.9 Å². The van der Waals surface area contributed by atoms with E-state index in [9.17, 15) is 13.6 Å². The Kier molecular flexibility index (Phi) is 10.3. The Hall–Kier alpha value is -2.55. The van der Waals surface area contributed by atoms with Crippen molar-refractivity contribution in [3.63, 3.8) is 0 Å². The number of nitrogens with zero attached hydrogens (tertiary/aromatic N) is 3. The van der Waals surface area contributed by atoms with E-state index in [-0.39, 0.29) is 36.6 Å². The van der Waals surface area contributed by atoms with Gasteiger partial charge in [0.1, 0.15) is 13.5 Å². The molecule has 0 atom stereocenters. The van der Waals surface area contributed by atoms with Gasteiger partial charge >= 0.3 is 6.61 Å². The van der Waals surface area contributed by atoms with Gasteiger partial charge in [0.05, 0.1) is 28.9 Å². The lowest BCUT2D eigenvalue weighted by Gasteiger charge is -2.18. The maximum absolute atomic E-state index is 13.8. The third kappa shape index (κ3) is 8.51. The number of hydrogen-bond donors (Lipinski definition) is 0. The fourth-order valence-corrected chi connectivity index (χ4v) is 6.15. The molecule has 1 fully saturated rings. The van der Waals surface area contributed by atoms with Crippen LogP contribution in [0.5, 0.6) is 11.5 Å². The second-order valence-corrected chi connectivity index (χ2v) is 24.6. The summed E-state index contributed by atoms with van der Waals surface area (Å²) in [6, 6.07) is 6.97. The summed E-state index contributed by atoms with van der Waals surface area (Å²) in [5.41, 5.74) is 2.77. The first kappa shape index (κ1) is 32.4. The fraction of sp³-hybridized carbons (Fsp3) is 0.600. The van der Waals surface area contributed by atoms with Crippen LogP contribution in [0.2, 0.25) is 51.4 Å². The van der Waals surface area contributed by atoms with Crippen LogP contribution in [0.1, 0.15) is 25.3 Å². The van der Waals surface area contributed by atoms with Crippen molar-refractivity contribution >= 4 is 27.1 Å². The maximum Gasteiger partial charge on any atom is 0.387 e. The van der Waals surface area contributed by atoms with E-state index in [2.05, 4.69) is 44.4 Å². The van der Waals surface area contributed by atoms with Crippen LogP contribution in [0, 0.1) is 0 Å². The SMILES string of the molecule is CCc1c(-c2ccc(OC(F)F)c(OC3CC3)c2)n(COCC[Si](C)(C)C)c2cnn(COCC[Si](C)(C)C)c(=O)c12. The minimum atomic E-state index is -2.97. The van der Waals surface area contributed by atoms with E-state index in [0.717, 1.165) is 41.8 Å². The highest BCUT2D eigenvalue weighted by Crippen LogP contribution is 2.40. The summed E-state index contributed by atoms with van der Waals surface area (Å²) >= 11 is 0. The molecule has 0 aliphatic heterocycles. The van der Waals surface area contributed by atoms with E-state index in [0.29, 0.717) is 30.5 Å². The fourth-order valence-electron chi connectivity index (χ4n) is 4.64. The average Bonchev–Trinajstić information content (AvgIpc) is 3.65. The van der Waals surface area contributed by atoms with Gasteiger partial charge < -0.3 is 23.5 Å². The van der Waals surface area contributed by atoms with Crippen molar-refractivity contribution in [2.75, 3.05) is 13.2 Å². The van der Waals surface area contributed by atoms with Gasteiger partial charge in [-0.1, -0.05) is 46.2 Å². The summed E-state index contributed by atoms with van der Waals surface area (Å²) in [7, 11) is -2.58. The molecule has 0 amide bonds. The van der Waals surface area contributed by atoms with E-state index in [1.807, 2.05) is 11.5 Å². The summed E-state index contributed by atoms with van der Waals surface area (Å²) < 4.78 is 52.4. The van der Waals surface area contributed by atoms with Gasteiger partial charge in [0.15, 0.2) is 11.5 Å². The van der Waals surface area contributed by atoms with Crippen LogP contribution in [-0.2, 0) is 29.4 Å². The maximum atomic E-state index is 13.8. The molecule has 4 rings (SSSR count). The number of rotatable bonds is 16. The number of alkyl halides is 2. The van der Waals surface area contributed by atoms with Crippen LogP contribution in [0.15, 0.2) is 29.2 Å². The van der Waals surface area contributed by atoms with Crippen LogP contribution in [-0.4, -0.2) is 56.4 Å². The molecule has 8 nitrogen and oxygen atoms in total. The highest BCUT2D eigenvalue weighted by atomic mass is 28.3. The molecule has 1 saturated carbocycles. The smallest absolute Gasteiger partial charge is 0.387 e. The largest absolute Gasteiger partial charge is 0.487 e. The van der Waals surface area contributed by atoms with E-state index in [1.165, 1.54) is 10.7 Å². The quantitative estimate of drug-likeness (QED) is 0.124. The summed E-state index contributed by atoms with van der Waals surface area (Å²) in [6.07, 6.45) is 3.99. The molecule has 3 aromatic rings. The number of halogens is 2. The lowest BCUT2D eigenvalue weighted by atomic mass is 10.0. The molecule has 232 valence electrons. The van der Waals surface area contributed by atoms with Crippen molar-refractivity contribution in [3.8, 4) is 22.8 Å². The van der Waals surface area contributed by atoms with Gasteiger partial charge in [-0.05, 0) is 55.1 Å². The average molecular weight is 622 g/mol. The molecule has 0 radical (unpaired) electrons. The van der Waals surface area contributed by atoms with E-state index >= 15 is 0 Å². The molecular formula is C30H45F2N3O5Si2. The predicted molar refractivity (Wildman–Crippen MR) is 167 cm³/mol. The zero-order valence-electron chi connectivity index (χ0n) is 26.0. The first-order valence-corrected chi connectivity index (χ1v) is 22.2. The van der Waals surface area contributed by atoms with Crippen molar-refractivity contribution < 1.29 is 27.7 Å². The van der Waals surface area contributed by atoms with Crippen molar-refractivity contribution in [3.05, 3.63) is 40.3 Å². The third-order valence-corrected chi connectivity index (χ3v) is 10.6. The number of benzene rings is 1. The Balaban J connectivity index is 1.78. The summed E-state index contributed by atoms with van der Waals surface area (Å²) in [4.78, 5) is 13.8. The standard InChI is InChI=1S/C30H45F2N3O5Si2/c1-8-23-27-24(18-33-35(29(27)36)20-38-14-16-42(5,6)7)34(19-37-13-15-41(2,3)4)28(23)21-9-12-25(40-30(31)32)26(17-21)39-22-10-11-22/h9,12,17-18,22,30H,8,10-11,13-16,19-20H2,1-7H3. The summed E-state index contributed by atoms with van der Waals surface area (Å²) in [5, 5.41) is 5.01. The zero-order valence-corrected chi connectivity index (χ0v) is 28.0. The predicted octanol–water partition coefficient (Wildman–Crippen LogP) is 7.19. The van der Waals surface area contributed by atoms with Crippen LogP contribution in [0.3, 0.4) is 0 Å². The van der Waals surface area contributed by atoms with Crippen LogP contribution < -0.4 is 15.0 Å². The van der Waals surface area contributed by atoms with Crippen LogP contribution >= 0.6 is 0 Å². The molecule has 0 bridgehead atoms. The number of hydrogen-bond acceptors (Lipinski definition) is 6. The highest BCUT2D eigenvalue weighted by molar-refractivity contribution is 6.76. The van der Waals surface area contributed by atoms with Crippen molar-refractivity contribution in [2.24, 2.45) is 0 Å². The summed E-state index contributed by atoms with van der Waals surface area (Å²) in [6.45, 7) is 14.2. The Morgan fingerprint density at radius 1 is 0.976 bits per heavy atom. The molecule has 0 unspecified atom stereocenters. The Morgan fingerprint density at radius 3 is 2.19 bits per heavy atom. The van der Waals surface area contributed by atoms with Gasteiger partial charge in [-0.2, -0.15) is 13.9 Å². The molecule has 12 heteroatoms. The van der Waals surface area contributed by atoms with Crippen molar-refractivity contribution in [2.45, 2.75) is 104 Å². The molecule has 0 N–H and O–H groups in total. The second kappa shape index (κ2) is 13.4. The van der Waals surface area contributed by atoms with E-state index < -0.39 is 22.8 Å². The van der Waals surface area contributed by atoms with Gasteiger partial charge in [-0.25, -0.2) is 4.68 Å². The molecule has 2 aromatic heterocycles. The Labute approximate surface area is 248 Å². The lowest BCUT2D eigenvalue weighted by Crippen LogP contribution is -2.26. The molecular weight excluding hydrogens is 577 g/mol. The molecule has 2 heterocycles. The monoisotopic (exact) mass is 621 g/mol. The van der Waals surface area contributed by atoms with Gasteiger partial charge in [-0.15, -0.1) is 0 Å². The topological polar surface area (TPSA) is 76.7 Å². The number of fused-ring (bicyclic) bond motifs is 1. The molecule has 1 aromatic carbocycles. The first-order valence-electron chi connectivity index (χ1n) is 14.8. The normalized spacial score (nSPS) is 14.2.